The van der Waals surface area contributed by atoms with Gasteiger partial charge in [-0.3, -0.25) is 9.59 Å². The van der Waals surface area contributed by atoms with Crippen LogP contribution in [0.15, 0.2) is 36.4 Å². The molecule has 26 heavy (non-hydrogen) atoms. The molecule has 1 aliphatic heterocycles. The van der Waals surface area contributed by atoms with Crippen LogP contribution in [0.25, 0.3) is 0 Å². The van der Waals surface area contributed by atoms with Crippen molar-refractivity contribution in [2.45, 2.75) is 26.8 Å². The zero-order chi connectivity index (χ0) is 19.0. The molecule has 2 aromatic rings. The highest BCUT2D eigenvalue weighted by Gasteiger charge is 2.36. The van der Waals surface area contributed by atoms with Gasteiger partial charge in [0.15, 0.2) is 0 Å². The highest BCUT2D eigenvalue weighted by molar-refractivity contribution is 6.36. The highest BCUT2D eigenvalue weighted by atomic mass is 35.5. The zero-order valence-corrected chi connectivity index (χ0v) is 16.4. The third kappa shape index (κ3) is 3.57. The SMILES string of the molecule is Cc1cc(C)cc(N2CCN(C(=O)c3ccc(Cl)cc3Cl)[C@H](C)C2=O)c1. The van der Waals surface area contributed by atoms with E-state index in [4.69, 9.17) is 23.2 Å². The van der Waals surface area contributed by atoms with Crippen LogP contribution in [-0.2, 0) is 4.79 Å². The third-order valence-electron chi connectivity index (χ3n) is 4.60. The van der Waals surface area contributed by atoms with E-state index in [2.05, 4.69) is 6.07 Å². The van der Waals surface area contributed by atoms with Crippen LogP contribution >= 0.6 is 23.2 Å². The number of benzene rings is 2. The van der Waals surface area contributed by atoms with Gasteiger partial charge >= 0.3 is 0 Å². The summed E-state index contributed by atoms with van der Waals surface area (Å²) >= 11 is 12.1. The summed E-state index contributed by atoms with van der Waals surface area (Å²) in [5, 5.41) is 0.759. The molecule has 1 fully saturated rings. The van der Waals surface area contributed by atoms with Crippen molar-refractivity contribution in [3.05, 3.63) is 63.1 Å². The summed E-state index contributed by atoms with van der Waals surface area (Å²) in [6.07, 6.45) is 0. The predicted molar refractivity (Wildman–Crippen MR) is 105 cm³/mol. The molecular formula is C20H20Cl2N2O2. The Morgan fingerprint density at radius 2 is 1.69 bits per heavy atom. The topological polar surface area (TPSA) is 40.6 Å². The van der Waals surface area contributed by atoms with Crippen LogP contribution in [0.4, 0.5) is 5.69 Å². The first-order valence-electron chi connectivity index (χ1n) is 8.43. The zero-order valence-electron chi connectivity index (χ0n) is 14.9. The van der Waals surface area contributed by atoms with Gasteiger partial charge in [0.25, 0.3) is 5.91 Å². The number of nitrogens with zero attached hydrogens (tertiary/aromatic N) is 2. The van der Waals surface area contributed by atoms with E-state index in [1.54, 1.807) is 28.9 Å². The summed E-state index contributed by atoms with van der Waals surface area (Å²) in [4.78, 5) is 29.1. The van der Waals surface area contributed by atoms with Crippen LogP contribution in [0.3, 0.4) is 0 Å². The van der Waals surface area contributed by atoms with Crippen LogP contribution in [0.2, 0.25) is 10.0 Å². The summed E-state index contributed by atoms with van der Waals surface area (Å²) in [7, 11) is 0. The van der Waals surface area contributed by atoms with Gasteiger partial charge in [-0.15, -0.1) is 0 Å². The van der Waals surface area contributed by atoms with Gasteiger partial charge in [0.05, 0.1) is 10.6 Å². The summed E-state index contributed by atoms with van der Waals surface area (Å²) in [5.41, 5.74) is 3.44. The average molecular weight is 391 g/mol. The smallest absolute Gasteiger partial charge is 0.256 e. The van der Waals surface area contributed by atoms with Crippen LogP contribution < -0.4 is 4.90 Å². The van der Waals surface area contributed by atoms with Crippen molar-refractivity contribution in [2.75, 3.05) is 18.0 Å². The molecule has 6 heteroatoms. The lowest BCUT2D eigenvalue weighted by atomic mass is 10.1. The van der Waals surface area contributed by atoms with Crippen molar-refractivity contribution in [1.29, 1.82) is 0 Å². The number of carbonyl (C=O) groups is 2. The number of aryl methyl sites for hydroxylation is 2. The Labute approximate surface area is 163 Å². The first-order chi connectivity index (χ1) is 12.3. The first-order valence-corrected chi connectivity index (χ1v) is 9.19. The minimum atomic E-state index is -0.566. The van der Waals surface area contributed by atoms with E-state index < -0.39 is 6.04 Å². The summed E-state index contributed by atoms with van der Waals surface area (Å²) < 4.78 is 0. The lowest BCUT2D eigenvalue weighted by Gasteiger charge is -2.39. The minimum Gasteiger partial charge on any atom is -0.325 e. The Kier molecular flexibility index (Phi) is 5.26. The van der Waals surface area contributed by atoms with Crippen LogP contribution in [0, 0.1) is 13.8 Å². The molecule has 4 nitrogen and oxygen atoms in total. The molecule has 2 aromatic carbocycles. The molecule has 0 aromatic heterocycles. The van der Waals surface area contributed by atoms with Crippen molar-refractivity contribution >= 4 is 40.7 Å². The van der Waals surface area contributed by atoms with Gasteiger partial charge in [0.2, 0.25) is 5.91 Å². The second-order valence-electron chi connectivity index (χ2n) is 6.63. The van der Waals surface area contributed by atoms with Crippen molar-refractivity contribution in [3.8, 4) is 0 Å². The Morgan fingerprint density at radius 3 is 2.31 bits per heavy atom. The summed E-state index contributed by atoms with van der Waals surface area (Å²) in [5.74, 6) is -0.354. The molecule has 136 valence electrons. The lowest BCUT2D eigenvalue weighted by molar-refractivity contribution is -0.124. The lowest BCUT2D eigenvalue weighted by Crippen LogP contribution is -2.57. The van der Waals surface area contributed by atoms with E-state index in [-0.39, 0.29) is 11.8 Å². The number of rotatable bonds is 2. The molecule has 2 amide bonds. The van der Waals surface area contributed by atoms with E-state index in [0.29, 0.717) is 28.7 Å². The fourth-order valence-corrected chi connectivity index (χ4v) is 3.82. The molecule has 1 heterocycles. The molecule has 0 spiro atoms. The Hall–Kier alpha value is -2.04. The van der Waals surface area contributed by atoms with Gasteiger partial charge < -0.3 is 9.80 Å². The molecular weight excluding hydrogens is 371 g/mol. The van der Waals surface area contributed by atoms with E-state index in [1.807, 2.05) is 26.0 Å². The number of hydrogen-bond acceptors (Lipinski definition) is 2. The summed E-state index contributed by atoms with van der Waals surface area (Å²) in [6.45, 7) is 6.65. The molecule has 0 aliphatic carbocycles. The van der Waals surface area contributed by atoms with Gasteiger partial charge in [-0.25, -0.2) is 0 Å². The number of anilines is 1. The van der Waals surface area contributed by atoms with Crippen molar-refractivity contribution in [3.63, 3.8) is 0 Å². The maximum absolute atomic E-state index is 12.9. The Bertz CT molecular complexity index is 862. The first kappa shape index (κ1) is 18.7. The average Bonchev–Trinajstić information content (AvgIpc) is 2.56. The van der Waals surface area contributed by atoms with Gasteiger partial charge in [-0.05, 0) is 62.2 Å². The maximum Gasteiger partial charge on any atom is 0.256 e. The van der Waals surface area contributed by atoms with E-state index >= 15 is 0 Å². The monoisotopic (exact) mass is 390 g/mol. The normalized spacial score (nSPS) is 17.6. The molecule has 0 unspecified atom stereocenters. The maximum atomic E-state index is 12.9. The number of hydrogen-bond donors (Lipinski definition) is 0. The largest absolute Gasteiger partial charge is 0.325 e. The van der Waals surface area contributed by atoms with Crippen LogP contribution in [-0.4, -0.2) is 35.8 Å². The second kappa shape index (κ2) is 7.29. The molecule has 0 bridgehead atoms. The number of piperazine rings is 1. The Balaban J connectivity index is 1.84. The van der Waals surface area contributed by atoms with Gasteiger partial charge in [0.1, 0.15) is 6.04 Å². The van der Waals surface area contributed by atoms with Crippen molar-refractivity contribution in [1.82, 2.24) is 4.90 Å². The highest BCUT2D eigenvalue weighted by Crippen LogP contribution is 2.27. The van der Waals surface area contributed by atoms with Crippen LogP contribution in [0.5, 0.6) is 0 Å². The van der Waals surface area contributed by atoms with E-state index in [9.17, 15) is 9.59 Å². The van der Waals surface area contributed by atoms with Crippen molar-refractivity contribution in [2.24, 2.45) is 0 Å². The molecule has 0 N–H and O–H groups in total. The van der Waals surface area contributed by atoms with Gasteiger partial charge in [-0.2, -0.15) is 0 Å². The standard InChI is InChI=1S/C20H20Cl2N2O2/c1-12-8-13(2)10-16(9-12)24-7-6-23(14(3)19(24)25)20(26)17-5-4-15(21)11-18(17)22/h4-5,8-11,14H,6-7H2,1-3H3/t14-/m1/s1. The molecule has 0 saturated carbocycles. The quantitative estimate of drug-likeness (QED) is 0.757. The molecule has 0 radical (unpaired) electrons. The third-order valence-corrected chi connectivity index (χ3v) is 5.14. The van der Waals surface area contributed by atoms with Gasteiger partial charge in [-0.1, -0.05) is 29.3 Å². The predicted octanol–water partition coefficient (Wildman–Crippen LogP) is 4.49. The fourth-order valence-electron chi connectivity index (χ4n) is 3.33. The molecule has 1 saturated heterocycles. The van der Waals surface area contributed by atoms with Crippen molar-refractivity contribution < 1.29 is 9.59 Å². The Morgan fingerprint density at radius 1 is 1.04 bits per heavy atom. The summed E-state index contributed by atoms with van der Waals surface area (Å²) in [6, 6.07) is 10.2. The fraction of sp³-hybridized carbons (Fsp3) is 0.300. The van der Waals surface area contributed by atoms with Crippen LogP contribution in [0.1, 0.15) is 28.4 Å². The minimum absolute atomic E-state index is 0.0975. The second-order valence-corrected chi connectivity index (χ2v) is 7.48. The molecule has 1 aliphatic rings. The van der Waals surface area contributed by atoms with E-state index in [1.165, 1.54) is 6.07 Å². The van der Waals surface area contributed by atoms with Gasteiger partial charge in [0, 0.05) is 23.8 Å². The number of halogens is 2. The van der Waals surface area contributed by atoms with E-state index in [0.717, 1.165) is 16.8 Å². The molecule has 3 rings (SSSR count). The number of amides is 2. The number of carbonyl (C=O) groups excluding carboxylic acids is 2. The molecule has 1 atom stereocenters.